The van der Waals surface area contributed by atoms with E-state index in [4.69, 9.17) is 8.85 Å². The Kier molecular flexibility index (Phi) is 3.63. The molecule has 2 fully saturated rings. The summed E-state index contributed by atoms with van der Waals surface area (Å²) < 4.78 is 27.5. The van der Waals surface area contributed by atoms with Gasteiger partial charge < -0.3 is 9.64 Å². The molecule has 2 rings (SSSR count). The van der Waals surface area contributed by atoms with Gasteiger partial charge in [0, 0.05) is 11.1 Å². The summed E-state index contributed by atoms with van der Waals surface area (Å²) in [5.41, 5.74) is 0. The molecule has 0 aromatic heterocycles. The Morgan fingerprint density at radius 2 is 2.26 bits per heavy atom. The molecule has 0 bridgehead atoms. The molecule has 0 saturated carbocycles. The monoisotopic (exact) mass is 287 g/mol. The Balaban J connectivity index is 2.23. The van der Waals surface area contributed by atoms with E-state index in [2.05, 4.69) is 0 Å². The second kappa shape index (κ2) is 6.43. The fraction of sp³-hybridized carbons (Fsp3) is 0.692. The highest BCUT2D eigenvalue weighted by Crippen LogP contribution is 2.36. The maximum Gasteiger partial charge on any atom is 0.333 e. The maximum atomic E-state index is 12.5. The topological polar surface area (TPSA) is 49.9 Å². The quantitative estimate of drug-likeness (QED) is 0.580. The Hall–Kier alpha value is -1.01. The van der Waals surface area contributed by atoms with E-state index in [1.807, 2.05) is 4.90 Å². The fourth-order valence-electron chi connectivity index (χ4n) is 2.20. The lowest BCUT2D eigenvalue weighted by molar-refractivity contribution is -0.137. The van der Waals surface area contributed by atoms with Crippen molar-refractivity contribution in [1.29, 1.82) is 0 Å². The lowest BCUT2D eigenvalue weighted by Gasteiger charge is -2.29. The van der Waals surface area contributed by atoms with E-state index in [9.17, 15) is 9.59 Å². The second-order valence-corrected chi connectivity index (χ2v) is 5.58. The molecule has 2 aliphatic heterocycles. The highest BCUT2D eigenvalue weighted by Gasteiger charge is 2.39. The van der Waals surface area contributed by atoms with Gasteiger partial charge in [-0.2, -0.15) is 0 Å². The lowest BCUT2D eigenvalue weighted by Crippen LogP contribution is -2.42. The third kappa shape index (κ3) is 3.30. The zero-order valence-corrected chi connectivity index (χ0v) is 11.7. The van der Waals surface area contributed by atoms with Crippen LogP contribution < -0.4 is 0 Å². The number of likely N-dealkylation sites (N-methyl/N-ethyl adjacent to an activating group) is 1. The summed E-state index contributed by atoms with van der Waals surface area (Å²) in [7, 11) is 0. The minimum Gasteiger partial charge on any atom is -0.463 e. The number of hydrogen-bond acceptors (Lipinski definition) is 5. The molecule has 19 heavy (non-hydrogen) atoms. The molecule has 0 spiro atoms. The first kappa shape index (κ1) is 10.7. The largest absolute Gasteiger partial charge is 0.463 e. The first-order valence-corrected chi connectivity index (χ1v) is 7.36. The van der Waals surface area contributed by atoms with Gasteiger partial charge in [-0.15, -0.1) is 0 Å². The molecule has 1 amide bonds. The van der Waals surface area contributed by atoms with Crippen LogP contribution >= 0.6 is 11.8 Å². The molecule has 6 heteroatoms. The average molecular weight is 287 g/mol. The van der Waals surface area contributed by atoms with Crippen LogP contribution in [0.5, 0.6) is 0 Å². The van der Waals surface area contributed by atoms with Crippen LogP contribution in [0.4, 0.5) is 0 Å². The number of carbonyl (C=O) groups excluding carboxylic acids is 2. The molecule has 0 aliphatic carbocycles. The molecule has 106 valence electrons. The fourth-order valence-corrected chi connectivity index (χ4v) is 3.36. The minimum atomic E-state index is -2.60. The minimum absolute atomic E-state index is 0.138. The second-order valence-electron chi connectivity index (χ2n) is 4.48. The molecule has 2 heterocycles. The number of thioether (sulfide) groups is 1. The van der Waals surface area contributed by atoms with E-state index < -0.39 is 24.2 Å². The third-order valence-electron chi connectivity index (χ3n) is 3.13. The number of esters is 1. The average Bonchev–Trinajstić information content (AvgIpc) is 2.76. The number of carbonyl (C=O) groups is 2. The van der Waals surface area contributed by atoms with Gasteiger partial charge in [0.1, 0.15) is 5.37 Å². The Labute approximate surface area is 122 Å². The van der Waals surface area contributed by atoms with E-state index in [1.165, 1.54) is 0 Å². The molecular formula is C13H20N2O3S. The summed E-state index contributed by atoms with van der Waals surface area (Å²) in [6.07, 6.45) is 4.21. The summed E-state index contributed by atoms with van der Waals surface area (Å²) in [5.74, 6) is -1.12. The van der Waals surface area contributed by atoms with Crippen LogP contribution in [-0.2, 0) is 14.3 Å². The number of nitrogens with zero attached hydrogens (tertiary/aromatic N) is 2. The summed E-state index contributed by atoms with van der Waals surface area (Å²) in [6, 6.07) is 0. The number of piperidine rings is 1. The molecule has 1 atom stereocenters. The van der Waals surface area contributed by atoms with E-state index in [0.717, 1.165) is 55.1 Å². The number of amides is 1. The smallest absolute Gasteiger partial charge is 0.333 e. The van der Waals surface area contributed by atoms with Gasteiger partial charge in [0.15, 0.2) is 0 Å². The van der Waals surface area contributed by atoms with Crippen molar-refractivity contribution in [3.8, 4) is 0 Å². The molecule has 0 radical (unpaired) electrons. The first-order chi connectivity index (χ1) is 10.3. The van der Waals surface area contributed by atoms with Gasteiger partial charge in [0.2, 0.25) is 0 Å². The zero-order valence-electron chi connectivity index (χ0n) is 13.9. The Bertz CT molecular complexity index is 476. The Morgan fingerprint density at radius 3 is 2.89 bits per heavy atom. The van der Waals surface area contributed by atoms with Gasteiger partial charge >= 0.3 is 5.97 Å². The van der Waals surface area contributed by atoms with Crippen molar-refractivity contribution in [2.75, 3.05) is 26.7 Å². The van der Waals surface area contributed by atoms with Gasteiger partial charge in [-0.3, -0.25) is 9.69 Å². The molecule has 1 unspecified atom stereocenters. The SMILES string of the molecule is [2H]C([2H])([2H])N1C(=O)C(N2CCCCC2)S/C1=C/C(=O)OCC. The molecule has 2 aliphatic rings. The van der Waals surface area contributed by atoms with Crippen LogP contribution in [-0.4, -0.2) is 53.7 Å². The highest BCUT2D eigenvalue weighted by atomic mass is 32.2. The molecule has 2 saturated heterocycles. The summed E-state index contributed by atoms with van der Waals surface area (Å²) in [4.78, 5) is 26.9. The zero-order chi connectivity index (χ0) is 16.3. The van der Waals surface area contributed by atoms with Crippen LogP contribution in [0, 0.1) is 0 Å². The van der Waals surface area contributed by atoms with Crippen molar-refractivity contribution >= 4 is 23.6 Å². The molecular weight excluding hydrogens is 264 g/mol. The van der Waals surface area contributed by atoms with E-state index in [1.54, 1.807) is 6.92 Å². The van der Waals surface area contributed by atoms with Gasteiger partial charge in [-0.1, -0.05) is 18.2 Å². The maximum absolute atomic E-state index is 12.5. The van der Waals surface area contributed by atoms with Crippen molar-refractivity contribution in [3.05, 3.63) is 11.1 Å². The number of ether oxygens (including phenoxy) is 1. The van der Waals surface area contributed by atoms with E-state index in [-0.39, 0.29) is 11.6 Å². The van der Waals surface area contributed by atoms with Crippen LogP contribution in [0.25, 0.3) is 0 Å². The van der Waals surface area contributed by atoms with Gasteiger partial charge in [-0.05, 0) is 32.9 Å². The van der Waals surface area contributed by atoms with Gasteiger partial charge in [-0.25, -0.2) is 4.79 Å². The standard InChI is InChI=1S/C13H20N2O3S/c1-3-18-11(16)9-10-14(2)12(17)13(19-10)15-7-5-4-6-8-15/h9,13H,3-8H2,1-2H3/b10-9+/i2D3. The number of likely N-dealkylation sites (tertiary alicyclic amines) is 1. The van der Waals surface area contributed by atoms with Crippen molar-refractivity contribution in [3.63, 3.8) is 0 Å². The van der Waals surface area contributed by atoms with Crippen LogP contribution in [0.3, 0.4) is 0 Å². The van der Waals surface area contributed by atoms with Crippen LogP contribution in [0.2, 0.25) is 0 Å². The first-order valence-electron chi connectivity index (χ1n) is 7.98. The van der Waals surface area contributed by atoms with Crippen LogP contribution in [0.15, 0.2) is 11.1 Å². The van der Waals surface area contributed by atoms with Crippen molar-refractivity contribution in [2.24, 2.45) is 0 Å². The van der Waals surface area contributed by atoms with Crippen LogP contribution in [0.1, 0.15) is 30.3 Å². The van der Waals surface area contributed by atoms with Gasteiger partial charge in [0.25, 0.3) is 5.91 Å². The Morgan fingerprint density at radius 1 is 1.53 bits per heavy atom. The third-order valence-corrected chi connectivity index (χ3v) is 4.40. The molecule has 0 aromatic carbocycles. The molecule has 5 nitrogen and oxygen atoms in total. The predicted octanol–water partition coefficient (Wildman–Crippen LogP) is 1.41. The van der Waals surface area contributed by atoms with Crippen molar-refractivity contribution < 1.29 is 18.4 Å². The number of hydrogen-bond donors (Lipinski definition) is 0. The van der Waals surface area contributed by atoms with E-state index in [0.29, 0.717) is 0 Å². The summed E-state index contributed by atoms with van der Waals surface area (Å²) in [6.45, 7) is 0.800. The summed E-state index contributed by atoms with van der Waals surface area (Å²) >= 11 is 1.12. The molecule has 0 N–H and O–H groups in total. The lowest BCUT2D eigenvalue weighted by atomic mass is 10.1. The predicted molar refractivity (Wildman–Crippen MR) is 74.3 cm³/mol. The van der Waals surface area contributed by atoms with Crippen molar-refractivity contribution in [1.82, 2.24) is 9.80 Å². The van der Waals surface area contributed by atoms with Crippen molar-refractivity contribution in [2.45, 2.75) is 31.6 Å². The van der Waals surface area contributed by atoms with Gasteiger partial charge in [0.05, 0.1) is 17.7 Å². The normalized spacial score (nSPS) is 30.1. The van der Waals surface area contributed by atoms with E-state index >= 15 is 0 Å². The number of rotatable bonds is 3. The molecule has 0 aromatic rings. The summed E-state index contributed by atoms with van der Waals surface area (Å²) in [5, 5.41) is -0.430. The highest BCUT2D eigenvalue weighted by molar-refractivity contribution is 8.04.